The van der Waals surface area contributed by atoms with Gasteiger partial charge in [-0.15, -0.1) is 0 Å². The highest BCUT2D eigenvalue weighted by Gasteiger charge is 2.09. The second-order valence-electron chi connectivity index (χ2n) is 5.60. The Hall–Kier alpha value is -1.76. The maximum Gasteiger partial charge on any atom is 0.0429 e. The van der Waals surface area contributed by atoms with Crippen LogP contribution < -0.4 is 4.90 Å². The zero-order valence-corrected chi connectivity index (χ0v) is 12.1. The SMILES string of the molecule is Cc1ccc(N(Cc2ccccc2)CC(C)C)cc1. The van der Waals surface area contributed by atoms with Crippen molar-refractivity contribution in [2.75, 3.05) is 11.4 Å². The zero-order chi connectivity index (χ0) is 13.7. The van der Waals surface area contributed by atoms with Crippen LogP contribution in [0.15, 0.2) is 54.6 Å². The van der Waals surface area contributed by atoms with Gasteiger partial charge >= 0.3 is 0 Å². The van der Waals surface area contributed by atoms with Gasteiger partial charge in [0.25, 0.3) is 0 Å². The van der Waals surface area contributed by atoms with E-state index in [-0.39, 0.29) is 0 Å². The maximum absolute atomic E-state index is 2.46. The lowest BCUT2D eigenvalue weighted by molar-refractivity contribution is 0.609. The fourth-order valence-corrected chi connectivity index (χ4v) is 2.26. The molecule has 2 aromatic rings. The minimum Gasteiger partial charge on any atom is -0.367 e. The van der Waals surface area contributed by atoms with E-state index >= 15 is 0 Å². The van der Waals surface area contributed by atoms with Crippen LogP contribution in [0.5, 0.6) is 0 Å². The molecule has 0 atom stereocenters. The van der Waals surface area contributed by atoms with E-state index in [2.05, 4.69) is 80.3 Å². The van der Waals surface area contributed by atoms with Crippen molar-refractivity contribution in [2.24, 2.45) is 5.92 Å². The molecule has 100 valence electrons. The van der Waals surface area contributed by atoms with E-state index in [1.165, 1.54) is 16.8 Å². The molecule has 0 saturated heterocycles. The van der Waals surface area contributed by atoms with Crippen molar-refractivity contribution in [2.45, 2.75) is 27.3 Å². The van der Waals surface area contributed by atoms with Crippen molar-refractivity contribution in [3.05, 3.63) is 65.7 Å². The Bertz CT molecular complexity index is 485. The molecule has 0 heterocycles. The predicted octanol–water partition coefficient (Wildman–Crippen LogP) is 4.66. The summed E-state index contributed by atoms with van der Waals surface area (Å²) in [4.78, 5) is 2.46. The van der Waals surface area contributed by atoms with Gasteiger partial charge in [0, 0.05) is 18.8 Å². The minimum atomic E-state index is 0.657. The quantitative estimate of drug-likeness (QED) is 0.749. The summed E-state index contributed by atoms with van der Waals surface area (Å²) in [6.07, 6.45) is 0. The van der Waals surface area contributed by atoms with Crippen molar-refractivity contribution < 1.29 is 0 Å². The predicted molar refractivity (Wildman–Crippen MR) is 83.5 cm³/mol. The third kappa shape index (κ3) is 4.13. The number of hydrogen-bond acceptors (Lipinski definition) is 1. The first-order chi connectivity index (χ1) is 9.15. The van der Waals surface area contributed by atoms with E-state index in [9.17, 15) is 0 Å². The van der Waals surface area contributed by atoms with E-state index in [0.717, 1.165) is 13.1 Å². The van der Waals surface area contributed by atoms with Gasteiger partial charge in [-0.2, -0.15) is 0 Å². The molecule has 0 aromatic heterocycles. The summed E-state index contributed by atoms with van der Waals surface area (Å²) in [5, 5.41) is 0. The molecule has 0 aliphatic rings. The second kappa shape index (κ2) is 6.42. The lowest BCUT2D eigenvalue weighted by Crippen LogP contribution is -2.27. The first-order valence-corrected chi connectivity index (χ1v) is 7.00. The molecule has 0 saturated carbocycles. The molecule has 1 nitrogen and oxygen atoms in total. The lowest BCUT2D eigenvalue weighted by atomic mass is 10.1. The average molecular weight is 253 g/mol. The topological polar surface area (TPSA) is 3.24 Å². The zero-order valence-electron chi connectivity index (χ0n) is 12.1. The first kappa shape index (κ1) is 13.7. The van der Waals surface area contributed by atoms with Crippen LogP contribution in [0.2, 0.25) is 0 Å². The molecule has 0 aliphatic carbocycles. The van der Waals surface area contributed by atoms with Crippen molar-refractivity contribution in [1.29, 1.82) is 0 Å². The van der Waals surface area contributed by atoms with Gasteiger partial charge < -0.3 is 4.90 Å². The van der Waals surface area contributed by atoms with E-state index < -0.39 is 0 Å². The van der Waals surface area contributed by atoms with Crippen LogP contribution in [-0.2, 0) is 6.54 Å². The summed E-state index contributed by atoms with van der Waals surface area (Å²) in [5.41, 5.74) is 3.99. The van der Waals surface area contributed by atoms with Crippen LogP contribution in [0.3, 0.4) is 0 Å². The summed E-state index contributed by atoms with van der Waals surface area (Å²) in [5.74, 6) is 0.657. The molecular weight excluding hydrogens is 230 g/mol. The highest BCUT2D eigenvalue weighted by atomic mass is 15.1. The first-order valence-electron chi connectivity index (χ1n) is 7.00. The van der Waals surface area contributed by atoms with Gasteiger partial charge in [-0.1, -0.05) is 61.9 Å². The highest BCUT2D eigenvalue weighted by Crippen LogP contribution is 2.19. The van der Waals surface area contributed by atoms with Gasteiger partial charge in [0.1, 0.15) is 0 Å². The summed E-state index contributed by atoms with van der Waals surface area (Å²) in [6, 6.07) is 19.5. The summed E-state index contributed by atoms with van der Waals surface area (Å²) < 4.78 is 0. The van der Waals surface area contributed by atoms with Crippen LogP contribution in [0.4, 0.5) is 5.69 Å². The van der Waals surface area contributed by atoms with Gasteiger partial charge in [-0.3, -0.25) is 0 Å². The third-order valence-electron chi connectivity index (χ3n) is 3.20. The van der Waals surface area contributed by atoms with Crippen molar-refractivity contribution in [3.63, 3.8) is 0 Å². The van der Waals surface area contributed by atoms with Gasteiger partial charge in [-0.05, 0) is 30.5 Å². The normalized spacial score (nSPS) is 10.7. The van der Waals surface area contributed by atoms with Crippen LogP contribution in [0.25, 0.3) is 0 Å². The van der Waals surface area contributed by atoms with Crippen molar-refractivity contribution in [1.82, 2.24) is 0 Å². The molecule has 0 unspecified atom stereocenters. The molecular formula is C18H23N. The molecule has 0 N–H and O–H groups in total. The van der Waals surface area contributed by atoms with Crippen LogP contribution in [0, 0.1) is 12.8 Å². The fraction of sp³-hybridized carbons (Fsp3) is 0.333. The minimum absolute atomic E-state index is 0.657. The lowest BCUT2D eigenvalue weighted by Gasteiger charge is -2.27. The standard InChI is InChI=1S/C18H23N/c1-15(2)13-19(14-17-7-5-4-6-8-17)18-11-9-16(3)10-12-18/h4-12,15H,13-14H2,1-3H3. The summed E-state index contributed by atoms with van der Waals surface area (Å²) >= 11 is 0. The van der Waals surface area contributed by atoms with Gasteiger partial charge in [0.05, 0.1) is 0 Å². The number of hydrogen-bond donors (Lipinski definition) is 0. The Labute approximate surface area is 116 Å². The number of aryl methyl sites for hydroxylation is 1. The number of nitrogens with zero attached hydrogens (tertiary/aromatic N) is 1. The smallest absolute Gasteiger partial charge is 0.0429 e. The van der Waals surface area contributed by atoms with Gasteiger partial charge in [0.2, 0.25) is 0 Å². The Morgan fingerprint density at radius 3 is 2.11 bits per heavy atom. The van der Waals surface area contributed by atoms with E-state index in [1.807, 2.05) is 0 Å². The number of anilines is 1. The van der Waals surface area contributed by atoms with Crippen LogP contribution >= 0.6 is 0 Å². The molecule has 0 bridgehead atoms. The Morgan fingerprint density at radius 1 is 0.895 bits per heavy atom. The molecule has 0 aliphatic heterocycles. The Balaban J connectivity index is 2.18. The summed E-state index contributed by atoms with van der Waals surface area (Å²) in [7, 11) is 0. The van der Waals surface area contributed by atoms with Gasteiger partial charge in [-0.25, -0.2) is 0 Å². The second-order valence-corrected chi connectivity index (χ2v) is 5.60. The average Bonchev–Trinajstić information content (AvgIpc) is 2.39. The van der Waals surface area contributed by atoms with Gasteiger partial charge in [0.15, 0.2) is 0 Å². The fourth-order valence-electron chi connectivity index (χ4n) is 2.26. The molecule has 2 rings (SSSR count). The molecule has 0 spiro atoms. The Morgan fingerprint density at radius 2 is 1.53 bits per heavy atom. The molecule has 0 radical (unpaired) electrons. The van der Waals surface area contributed by atoms with Crippen molar-refractivity contribution >= 4 is 5.69 Å². The third-order valence-corrected chi connectivity index (χ3v) is 3.20. The van der Waals surface area contributed by atoms with E-state index in [0.29, 0.717) is 5.92 Å². The molecule has 0 amide bonds. The van der Waals surface area contributed by atoms with Crippen LogP contribution in [-0.4, -0.2) is 6.54 Å². The van der Waals surface area contributed by atoms with Crippen LogP contribution in [0.1, 0.15) is 25.0 Å². The summed E-state index contributed by atoms with van der Waals surface area (Å²) in [6.45, 7) is 8.73. The van der Waals surface area contributed by atoms with Crippen molar-refractivity contribution in [3.8, 4) is 0 Å². The van der Waals surface area contributed by atoms with E-state index in [4.69, 9.17) is 0 Å². The number of benzene rings is 2. The molecule has 2 aromatic carbocycles. The highest BCUT2D eigenvalue weighted by molar-refractivity contribution is 5.48. The maximum atomic E-state index is 2.46. The molecule has 1 heteroatoms. The molecule has 19 heavy (non-hydrogen) atoms. The van der Waals surface area contributed by atoms with E-state index in [1.54, 1.807) is 0 Å². The Kier molecular flexibility index (Phi) is 4.62. The largest absolute Gasteiger partial charge is 0.367 e. The number of rotatable bonds is 5. The monoisotopic (exact) mass is 253 g/mol. The molecule has 0 fully saturated rings.